The zero-order valence-corrected chi connectivity index (χ0v) is 14.6. The van der Waals surface area contributed by atoms with Crippen molar-refractivity contribution in [1.82, 2.24) is 10.3 Å². The summed E-state index contributed by atoms with van der Waals surface area (Å²) in [4.78, 5) is 16.9. The lowest BCUT2D eigenvalue weighted by molar-refractivity contribution is 0.0956. The van der Waals surface area contributed by atoms with Gasteiger partial charge in [0.15, 0.2) is 0 Å². The Labute approximate surface area is 132 Å². The van der Waals surface area contributed by atoms with Crippen molar-refractivity contribution in [3.05, 3.63) is 23.4 Å². The van der Waals surface area contributed by atoms with Crippen LogP contribution in [0.4, 0.5) is 5.82 Å². The maximum Gasteiger partial charge on any atom is 0.251 e. The van der Waals surface area contributed by atoms with Crippen LogP contribution in [0.5, 0.6) is 0 Å². The van der Waals surface area contributed by atoms with Crippen molar-refractivity contribution in [3.8, 4) is 0 Å². The molecule has 0 saturated heterocycles. The standard InChI is InChI=1S/C16H27N3OS/c1-6-7-17-14-11-12(15(20)18-8-9-21-5)10-13(19-14)16(2,3)4/h10-11H,6-9H2,1-5H3,(H,17,19)(H,18,20). The molecule has 0 aliphatic carbocycles. The van der Waals surface area contributed by atoms with Gasteiger partial charge >= 0.3 is 0 Å². The first kappa shape index (κ1) is 17.8. The van der Waals surface area contributed by atoms with Gasteiger partial charge in [-0.3, -0.25) is 4.79 Å². The molecular weight excluding hydrogens is 282 g/mol. The average molecular weight is 309 g/mol. The molecule has 0 aliphatic rings. The predicted molar refractivity (Wildman–Crippen MR) is 92.4 cm³/mol. The number of nitrogens with zero attached hydrogens (tertiary/aromatic N) is 1. The Kier molecular flexibility index (Phi) is 7.02. The largest absolute Gasteiger partial charge is 0.370 e. The van der Waals surface area contributed by atoms with Crippen molar-refractivity contribution in [2.24, 2.45) is 0 Å². The van der Waals surface area contributed by atoms with Crippen molar-refractivity contribution in [1.29, 1.82) is 0 Å². The lowest BCUT2D eigenvalue weighted by Gasteiger charge is -2.20. The highest BCUT2D eigenvalue weighted by Gasteiger charge is 2.19. The number of rotatable bonds is 7. The number of hydrogen-bond acceptors (Lipinski definition) is 4. The molecule has 2 N–H and O–H groups in total. The first-order chi connectivity index (χ1) is 9.88. The van der Waals surface area contributed by atoms with Gasteiger partial charge in [-0.25, -0.2) is 4.98 Å². The molecule has 1 heterocycles. The van der Waals surface area contributed by atoms with Crippen LogP contribution in [0.15, 0.2) is 12.1 Å². The average Bonchev–Trinajstić information content (AvgIpc) is 2.44. The smallest absolute Gasteiger partial charge is 0.251 e. The molecular formula is C16H27N3OS. The van der Waals surface area contributed by atoms with Crippen LogP contribution >= 0.6 is 11.8 Å². The van der Waals surface area contributed by atoms with Gasteiger partial charge in [0.25, 0.3) is 5.91 Å². The summed E-state index contributed by atoms with van der Waals surface area (Å²) in [5, 5.41) is 6.22. The lowest BCUT2D eigenvalue weighted by Crippen LogP contribution is -2.27. The third kappa shape index (κ3) is 5.96. The Morgan fingerprint density at radius 2 is 2.00 bits per heavy atom. The molecule has 0 spiro atoms. The second kappa shape index (κ2) is 8.27. The number of nitrogens with one attached hydrogen (secondary N) is 2. The Balaban J connectivity index is 2.98. The molecule has 1 amide bonds. The molecule has 1 aromatic heterocycles. The highest BCUT2D eigenvalue weighted by Crippen LogP contribution is 2.23. The molecule has 5 heteroatoms. The third-order valence-electron chi connectivity index (χ3n) is 3.00. The van der Waals surface area contributed by atoms with Crippen LogP contribution in [0, 0.1) is 0 Å². The third-order valence-corrected chi connectivity index (χ3v) is 3.62. The van der Waals surface area contributed by atoms with Gasteiger partial charge in [-0.1, -0.05) is 27.7 Å². The molecule has 1 rings (SSSR count). The van der Waals surface area contributed by atoms with Gasteiger partial charge in [-0.15, -0.1) is 0 Å². The van der Waals surface area contributed by atoms with Crippen molar-refractivity contribution >= 4 is 23.5 Å². The van der Waals surface area contributed by atoms with Gasteiger partial charge in [0, 0.05) is 35.5 Å². The van der Waals surface area contributed by atoms with Gasteiger partial charge in [-0.05, 0) is 24.8 Å². The van der Waals surface area contributed by atoms with E-state index in [9.17, 15) is 4.79 Å². The van der Waals surface area contributed by atoms with Crippen LogP contribution in [-0.4, -0.2) is 36.0 Å². The monoisotopic (exact) mass is 309 g/mol. The van der Waals surface area contributed by atoms with Gasteiger partial charge in [0.05, 0.1) is 0 Å². The topological polar surface area (TPSA) is 54.0 Å². The van der Waals surface area contributed by atoms with Crippen LogP contribution in [0.3, 0.4) is 0 Å². The fourth-order valence-electron chi connectivity index (χ4n) is 1.76. The quantitative estimate of drug-likeness (QED) is 0.759. The molecule has 118 valence electrons. The number of carbonyl (C=O) groups excluding carboxylic acids is 1. The molecule has 0 saturated carbocycles. The van der Waals surface area contributed by atoms with E-state index in [2.05, 4.69) is 43.3 Å². The van der Waals surface area contributed by atoms with Gasteiger partial charge in [-0.2, -0.15) is 11.8 Å². The van der Waals surface area contributed by atoms with Crippen molar-refractivity contribution < 1.29 is 4.79 Å². The number of hydrogen-bond donors (Lipinski definition) is 2. The summed E-state index contributed by atoms with van der Waals surface area (Å²) in [6, 6.07) is 3.73. The maximum absolute atomic E-state index is 12.2. The first-order valence-electron chi connectivity index (χ1n) is 7.42. The van der Waals surface area contributed by atoms with E-state index in [1.54, 1.807) is 11.8 Å². The molecule has 0 aliphatic heterocycles. The summed E-state index contributed by atoms with van der Waals surface area (Å²) in [7, 11) is 0. The van der Waals surface area contributed by atoms with E-state index in [4.69, 9.17) is 0 Å². The molecule has 0 fully saturated rings. The van der Waals surface area contributed by atoms with Crippen molar-refractivity contribution in [3.63, 3.8) is 0 Å². The molecule has 0 bridgehead atoms. The van der Waals surface area contributed by atoms with Gasteiger partial charge in [0.1, 0.15) is 5.82 Å². The zero-order valence-electron chi connectivity index (χ0n) is 13.7. The summed E-state index contributed by atoms with van der Waals surface area (Å²) in [6.07, 6.45) is 3.06. The van der Waals surface area contributed by atoms with E-state index in [0.717, 1.165) is 30.2 Å². The Morgan fingerprint density at radius 1 is 1.29 bits per heavy atom. The molecule has 0 unspecified atom stereocenters. The highest BCUT2D eigenvalue weighted by molar-refractivity contribution is 7.98. The molecule has 21 heavy (non-hydrogen) atoms. The SMILES string of the molecule is CCCNc1cc(C(=O)NCCSC)cc(C(C)(C)C)n1. The normalized spacial score (nSPS) is 11.3. The minimum Gasteiger partial charge on any atom is -0.370 e. The van der Waals surface area contributed by atoms with Gasteiger partial charge in [0.2, 0.25) is 0 Å². The van der Waals surface area contributed by atoms with E-state index in [1.807, 2.05) is 18.4 Å². The van der Waals surface area contributed by atoms with Crippen LogP contribution in [0.1, 0.15) is 50.2 Å². The molecule has 0 aromatic carbocycles. The fourth-order valence-corrected chi connectivity index (χ4v) is 2.06. The van der Waals surface area contributed by atoms with Crippen LogP contribution < -0.4 is 10.6 Å². The Hall–Kier alpha value is -1.23. The van der Waals surface area contributed by atoms with Crippen LogP contribution in [0.25, 0.3) is 0 Å². The summed E-state index contributed by atoms with van der Waals surface area (Å²) >= 11 is 1.72. The Morgan fingerprint density at radius 3 is 2.57 bits per heavy atom. The summed E-state index contributed by atoms with van der Waals surface area (Å²) in [5.74, 6) is 1.67. The zero-order chi connectivity index (χ0) is 15.9. The minimum atomic E-state index is -0.0851. The van der Waals surface area contributed by atoms with Crippen molar-refractivity contribution in [2.45, 2.75) is 39.5 Å². The van der Waals surface area contributed by atoms with E-state index >= 15 is 0 Å². The number of carbonyl (C=O) groups is 1. The summed E-state index contributed by atoms with van der Waals surface area (Å²) < 4.78 is 0. The second-order valence-corrected chi connectivity index (χ2v) is 7.04. The number of aromatic nitrogens is 1. The van der Waals surface area contributed by atoms with E-state index in [0.29, 0.717) is 12.1 Å². The molecule has 0 atom stereocenters. The van der Waals surface area contributed by atoms with E-state index in [-0.39, 0.29) is 11.3 Å². The number of amides is 1. The van der Waals surface area contributed by atoms with Crippen LogP contribution in [-0.2, 0) is 5.41 Å². The molecule has 1 aromatic rings. The summed E-state index contributed by atoms with van der Waals surface area (Å²) in [6.45, 7) is 9.96. The van der Waals surface area contributed by atoms with E-state index < -0.39 is 0 Å². The Bertz CT molecular complexity index is 469. The van der Waals surface area contributed by atoms with Gasteiger partial charge < -0.3 is 10.6 Å². The number of anilines is 1. The molecule has 4 nitrogen and oxygen atoms in total. The first-order valence-corrected chi connectivity index (χ1v) is 8.81. The number of pyridine rings is 1. The van der Waals surface area contributed by atoms with Crippen molar-refractivity contribution in [2.75, 3.05) is 30.4 Å². The van der Waals surface area contributed by atoms with E-state index in [1.165, 1.54) is 0 Å². The summed E-state index contributed by atoms with van der Waals surface area (Å²) in [5.41, 5.74) is 1.52. The number of thioether (sulfide) groups is 1. The molecule has 0 radical (unpaired) electrons. The highest BCUT2D eigenvalue weighted by atomic mass is 32.2. The maximum atomic E-state index is 12.2. The predicted octanol–water partition coefficient (Wildman–Crippen LogP) is 3.29. The van der Waals surface area contributed by atoms with Crippen LogP contribution in [0.2, 0.25) is 0 Å². The lowest BCUT2D eigenvalue weighted by atomic mass is 9.90. The minimum absolute atomic E-state index is 0.0310. The fraction of sp³-hybridized carbons (Fsp3) is 0.625. The second-order valence-electron chi connectivity index (χ2n) is 6.05.